The van der Waals surface area contributed by atoms with Gasteiger partial charge in [0.2, 0.25) is 0 Å². The number of rotatable bonds is 6. The summed E-state index contributed by atoms with van der Waals surface area (Å²) >= 11 is 0. The summed E-state index contributed by atoms with van der Waals surface area (Å²) in [4.78, 5) is 2.43. The molecule has 0 saturated carbocycles. The number of likely N-dealkylation sites (tertiary alicyclic amines) is 1. The van der Waals surface area contributed by atoms with Crippen LogP contribution < -0.4 is 5.32 Å². The predicted octanol–water partition coefficient (Wildman–Crippen LogP) is 1.61. The highest BCUT2D eigenvalue weighted by molar-refractivity contribution is 5.17. The van der Waals surface area contributed by atoms with E-state index in [4.69, 9.17) is 9.15 Å². The zero-order valence-corrected chi connectivity index (χ0v) is 10.7. The Morgan fingerprint density at radius 2 is 2.47 bits per heavy atom. The van der Waals surface area contributed by atoms with Crippen LogP contribution in [0.15, 0.2) is 16.7 Å². The number of methoxy groups -OCH3 is 1. The molecule has 1 aromatic rings. The fourth-order valence-electron chi connectivity index (χ4n) is 2.28. The molecule has 4 nitrogen and oxygen atoms in total. The summed E-state index contributed by atoms with van der Waals surface area (Å²) in [6.07, 6.45) is 3.32. The number of ether oxygens (including phenoxy) is 1. The smallest absolute Gasteiger partial charge is 0.122 e. The molecule has 1 atom stereocenters. The van der Waals surface area contributed by atoms with Crippen molar-refractivity contribution in [2.45, 2.75) is 32.5 Å². The molecule has 1 aliphatic rings. The van der Waals surface area contributed by atoms with Gasteiger partial charge in [-0.1, -0.05) is 6.92 Å². The SMILES string of the molecule is CCNCc1occc1CN1CCC(OC)C1. The number of furan rings is 1. The molecule has 96 valence electrons. The Balaban J connectivity index is 1.88. The summed E-state index contributed by atoms with van der Waals surface area (Å²) in [7, 11) is 1.79. The predicted molar refractivity (Wildman–Crippen MR) is 66.8 cm³/mol. The molecule has 0 aliphatic carbocycles. The quantitative estimate of drug-likeness (QED) is 0.817. The molecule has 2 heterocycles. The third kappa shape index (κ3) is 3.31. The fourth-order valence-corrected chi connectivity index (χ4v) is 2.28. The van der Waals surface area contributed by atoms with Crippen LogP contribution in [0.4, 0.5) is 0 Å². The molecule has 0 bridgehead atoms. The molecule has 0 aromatic carbocycles. The highest BCUT2D eigenvalue weighted by Gasteiger charge is 2.22. The lowest BCUT2D eigenvalue weighted by Crippen LogP contribution is -2.23. The standard InChI is InChI=1S/C13H22N2O2/c1-3-14-8-13-11(5-7-17-13)9-15-6-4-12(10-15)16-2/h5,7,12,14H,3-4,6,8-10H2,1-2H3. The second kappa shape index (κ2) is 6.19. The van der Waals surface area contributed by atoms with Gasteiger partial charge in [-0.3, -0.25) is 4.90 Å². The maximum Gasteiger partial charge on any atom is 0.122 e. The average molecular weight is 238 g/mol. The van der Waals surface area contributed by atoms with E-state index in [1.807, 2.05) is 0 Å². The van der Waals surface area contributed by atoms with Crippen molar-refractivity contribution in [1.82, 2.24) is 10.2 Å². The van der Waals surface area contributed by atoms with Crippen LogP contribution in [0.3, 0.4) is 0 Å². The van der Waals surface area contributed by atoms with Crippen LogP contribution >= 0.6 is 0 Å². The Morgan fingerprint density at radius 1 is 1.59 bits per heavy atom. The maximum absolute atomic E-state index is 5.51. The van der Waals surface area contributed by atoms with Crippen molar-refractivity contribution in [1.29, 1.82) is 0 Å². The van der Waals surface area contributed by atoms with Gasteiger partial charge in [-0.15, -0.1) is 0 Å². The first-order chi connectivity index (χ1) is 8.33. The van der Waals surface area contributed by atoms with Crippen LogP contribution in [-0.2, 0) is 17.8 Å². The monoisotopic (exact) mass is 238 g/mol. The summed E-state index contributed by atoms with van der Waals surface area (Å²) in [5, 5.41) is 3.30. The Kier molecular flexibility index (Phi) is 4.59. The minimum absolute atomic E-state index is 0.402. The number of nitrogens with one attached hydrogen (secondary N) is 1. The van der Waals surface area contributed by atoms with Crippen LogP contribution in [0.2, 0.25) is 0 Å². The van der Waals surface area contributed by atoms with E-state index in [9.17, 15) is 0 Å². The lowest BCUT2D eigenvalue weighted by molar-refractivity contribution is 0.107. The summed E-state index contributed by atoms with van der Waals surface area (Å²) in [5.74, 6) is 1.06. The molecule has 2 rings (SSSR count). The van der Waals surface area contributed by atoms with Gasteiger partial charge in [0.25, 0.3) is 0 Å². The van der Waals surface area contributed by atoms with Gasteiger partial charge in [-0.2, -0.15) is 0 Å². The Bertz CT molecular complexity index is 338. The highest BCUT2D eigenvalue weighted by Crippen LogP contribution is 2.18. The van der Waals surface area contributed by atoms with Crippen LogP contribution in [0.25, 0.3) is 0 Å². The largest absolute Gasteiger partial charge is 0.468 e. The average Bonchev–Trinajstić information content (AvgIpc) is 2.96. The first-order valence-corrected chi connectivity index (χ1v) is 6.34. The molecular formula is C13H22N2O2. The van der Waals surface area contributed by atoms with Crippen LogP contribution in [-0.4, -0.2) is 37.7 Å². The van der Waals surface area contributed by atoms with E-state index in [1.54, 1.807) is 13.4 Å². The van der Waals surface area contributed by atoms with Gasteiger partial charge in [-0.25, -0.2) is 0 Å². The molecule has 1 saturated heterocycles. The molecule has 1 unspecified atom stereocenters. The maximum atomic E-state index is 5.51. The molecule has 1 N–H and O–H groups in total. The molecule has 0 spiro atoms. The van der Waals surface area contributed by atoms with Crippen molar-refractivity contribution in [3.05, 3.63) is 23.7 Å². The van der Waals surface area contributed by atoms with Gasteiger partial charge in [0.1, 0.15) is 5.76 Å². The molecule has 0 amide bonds. The van der Waals surface area contributed by atoms with Crippen molar-refractivity contribution < 1.29 is 9.15 Å². The topological polar surface area (TPSA) is 37.6 Å². The van der Waals surface area contributed by atoms with Crippen LogP contribution in [0.5, 0.6) is 0 Å². The van der Waals surface area contributed by atoms with Gasteiger partial charge in [0.15, 0.2) is 0 Å². The van der Waals surface area contributed by atoms with E-state index >= 15 is 0 Å². The fraction of sp³-hybridized carbons (Fsp3) is 0.692. The summed E-state index contributed by atoms with van der Waals surface area (Å²) in [5.41, 5.74) is 1.29. The second-order valence-electron chi connectivity index (χ2n) is 4.53. The van der Waals surface area contributed by atoms with E-state index in [-0.39, 0.29) is 0 Å². The van der Waals surface area contributed by atoms with E-state index in [0.29, 0.717) is 6.10 Å². The van der Waals surface area contributed by atoms with Gasteiger partial charge in [0.05, 0.1) is 18.9 Å². The van der Waals surface area contributed by atoms with Gasteiger partial charge in [-0.05, 0) is 19.0 Å². The lowest BCUT2D eigenvalue weighted by atomic mass is 10.2. The van der Waals surface area contributed by atoms with Crippen molar-refractivity contribution in [3.63, 3.8) is 0 Å². The summed E-state index contributed by atoms with van der Waals surface area (Å²) in [6, 6.07) is 2.08. The normalized spacial score (nSPS) is 21.2. The molecule has 1 aliphatic heterocycles. The second-order valence-corrected chi connectivity index (χ2v) is 4.53. The highest BCUT2D eigenvalue weighted by atomic mass is 16.5. The summed E-state index contributed by atoms with van der Waals surface area (Å²) in [6.45, 7) is 7.01. The van der Waals surface area contributed by atoms with E-state index in [2.05, 4.69) is 23.2 Å². The van der Waals surface area contributed by atoms with Crippen molar-refractivity contribution in [2.24, 2.45) is 0 Å². The molecule has 17 heavy (non-hydrogen) atoms. The van der Waals surface area contributed by atoms with Crippen LogP contribution in [0, 0.1) is 0 Å². The van der Waals surface area contributed by atoms with Gasteiger partial charge >= 0.3 is 0 Å². The minimum Gasteiger partial charge on any atom is -0.468 e. The molecule has 1 fully saturated rings. The van der Waals surface area contributed by atoms with E-state index < -0.39 is 0 Å². The third-order valence-corrected chi connectivity index (χ3v) is 3.33. The zero-order chi connectivity index (χ0) is 12.1. The Hall–Kier alpha value is -0.840. The van der Waals surface area contributed by atoms with Crippen molar-refractivity contribution >= 4 is 0 Å². The first kappa shape index (κ1) is 12.6. The summed E-state index contributed by atoms with van der Waals surface area (Å²) < 4.78 is 10.9. The van der Waals surface area contributed by atoms with E-state index in [1.165, 1.54) is 5.56 Å². The Labute approximate surface area is 103 Å². The molecular weight excluding hydrogens is 216 g/mol. The number of hydrogen-bond acceptors (Lipinski definition) is 4. The molecule has 0 radical (unpaired) electrons. The molecule has 4 heteroatoms. The number of nitrogens with zero attached hydrogens (tertiary/aromatic N) is 1. The third-order valence-electron chi connectivity index (χ3n) is 3.33. The molecule has 1 aromatic heterocycles. The van der Waals surface area contributed by atoms with Gasteiger partial charge < -0.3 is 14.5 Å². The number of hydrogen-bond donors (Lipinski definition) is 1. The van der Waals surface area contributed by atoms with E-state index in [0.717, 1.165) is 44.9 Å². The lowest BCUT2D eigenvalue weighted by Gasteiger charge is -2.15. The van der Waals surface area contributed by atoms with Gasteiger partial charge in [0, 0.05) is 32.3 Å². The van der Waals surface area contributed by atoms with Crippen molar-refractivity contribution in [3.8, 4) is 0 Å². The Morgan fingerprint density at radius 3 is 3.18 bits per heavy atom. The van der Waals surface area contributed by atoms with Crippen molar-refractivity contribution in [2.75, 3.05) is 26.7 Å². The minimum atomic E-state index is 0.402. The van der Waals surface area contributed by atoms with Crippen LogP contribution in [0.1, 0.15) is 24.7 Å². The zero-order valence-electron chi connectivity index (χ0n) is 10.7. The first-order valence-electron chi connectivity index (χ1n) is 6.34.